The van der Waals surface area contributed by atoms with Crippen LogP contribution < -0.4 is 5.32 Å². The normalized spacial score (nSPS) is 35.6. The first-order chi connectivity index (χ1) is 13.3. The van der Waals surface area contributed by atoms with Crippen LogP contribution in [0.4, 0.5) is 5.69 Å². The molecule has 2 bridgehead atoms. The van der Waals surface area contributed by atoms with E-state index in [9.17, 15) is 14.4 Å². The molecule has 0 radical (unpaired) electrons. The summed E-state index contributed by atoms with van der Waals surface area (Å²) in [4.78, 5) is 40.3. The van der Waals surface area contributed by atoms with Crippen LogP contribution in [0, 0.1) is 42.4 Å². The Bertz CT molecular complexity index is 925. The lowest BCUT2D eigenvalue weighted by atomic mass is 9.63. The van der Waals surface area contributed by atoms with Gasteiger partial charge in [-0.15, -0.1) is 0 Å². The predicted molar refractivity (Wildman–Crippen MR) is 109 cm³/mol. The van der Waals surface area contributed by atoms with E-state index in [-0.39, 0.29) is 41.4 Å². The quantitative estimate of drug-likeness (QED) is 0.548. The third-order valence-electron chi connectivity index (χ3n) is 7.06. The van der Waals surface area contributed by atoms with Crippen LogP contribution in [-0.2, 0) is 14.4 Å². The van der Waals surface area contributed by atoms with Crippen LogP contribution in [0.15, 0.2) is 28.8 Å². The van der Waals surface area contributed by atoms with Gasteiger partial charge in [0.25, 0.3) is 0 Å². The van der Waals surface area contributed by atoms with Crippen LogP contribution in [0.2, 0.25) is 5.02 Å². The Morgan fingerprint density at radius 2 is 1.75 bits per heavy atom. The molecule has 1 N–H and O–H groups in total. The first-order valence-electron chi connectivity index (χ1n) is 9.62. The van der Waals surface area contributed by atoms with Gasteiger partial charge < -0.3 is 5.32 Å². The van der Waals surface area contributed by atoms with Crippen molar-refractivity contribution < 1.29 is 14.4 Å². The number of nitrogens with one attached hydrogen (secondary N) is 1. The monoisotopic (exact) mass is 462 g/mol. The number of benzene rings is 1. The number of imide groups is 1. The molecule has 1 aliphatic heterocycles. The molecule has 1 heterocycles. The van der Waals surface area contributed by atoms with Crippen LogP contribution in [0.25, 0.3) is 0 Å². The fourth-order valence-electron chi connectivity index (χ4n) is 5.50. The van der Waals surface area contributed by atoms with E-state index in [0.29, 0.717) is 22.5 Å². The van der Waals surface area contributed by atoms with Crippen LogP contribution in [0.5, 0.6) is 0 Å². The van der Waals surface area contributed by atoms with E-state index >= 15 is 0 Å². The molecule has 7 heteroatoms. The van der Waals surface area contributed by atoms with Gasteiger partial charge in [-0.2, -0.15) is 0 Å². The molecule has 2 saturated carbocycles. The van der Waals surface area contributed by atoms with E-state index < -0.39 is 6.04 Å². The van der Waals surface area contributed by atoms with Gasteiger partial charge in [-0.05, 0) is 77.6 Å². The zero-order valence-electron chi connectivity index (χ0n) is 15.5. The summed E-state index contributed by atoms with van der Waals surface area (Å²) in [6, 6.07) is 2.65. The maximum Gasteiger partial charge on any atom is 0.247 e. The first kappa shape index (κ1) is 18.4. The molecule has 1 aromatic rings. The second-order valence-corrected chi connectivity index (χ2v) is 9.63. The molecule has 5 nitrogen and oxygen atoms in total. The molecule has 3 amide bonds. The van der Waals surface area contributed by atoms with Gasteiger partial charge in [0, 0.05) is 10.2 Å². The van der Waals surface area contributed by atoms with Crippen LogP contribution in [0.1, 0.15) is 18.9 Å². The van der Waals surface area contributed by atoms with Crippen molar-refractivity contribution in [1.29, 1.82) is 0 Å². The van der Waals surface area contributed by atoms with Crippen molar-refractivity contribution in [3.05, 3.63) is 39.3 Å². The number of nitrogens with zero attached hydrogens (tertiary/aromatic N) is 1. The topological polar surface area (TPSA) is 66.5 Å². The van der Waals surface area contributed by atoms with E-state index in [4.69, 9.17) is 11.6 Å². The molecule has 3 fully saturated rings. The summed E-state index contributed by atoms with van der Waals surface area (Å²) in [6.45, 7) is 3.43. The molecule has 6 rings (SSSR count). The van der Waals surface area contributed by atoms with Gasteiger partial charge >= 0.3 is 0 Å². The Hall–Kier alpha value is -1.66. The van der Waals surface area contributed by atoms with Gasteiger partial charge in [-0.25, -0.2) is 0 Å². The maximum atomic E-state index is 13.1. The lowest BCUT2D eigenvalue weighted by Crippen LogP contribution is -2.46. The standard InChI is InChI=1S/C21H20BrClN2O3/c1-8-15(6-5-14(22)18(8)23)24-19(26)9(2)25-20(27)16-10-3-4-11(13-7-12(10)13)17(16)21(25)28/h3-6,9-13,16-17H,7H2,1-2H3,(H,24,26)/t9-,10+,11+,12+,13+,16-,17+/m0/s1. The van der Waals surface area contributed by atoms with E-state index in [1.807, 2.05) is 6.92 Å². The van der Waals surface area contributed by atoms with Crippen molar-refractivity contribution in [2.45, 2.75) is 26.3 Å². The second-order valence-electron chi connectivity index (χ2n) is 8.40. The van der Waals surface area contributed by atoms with E-state index in [1.165, 1.54) is 4.90 Å². The number of carbonyl (C=O) groups is 3. The molecule has 0 aromatic heterocycles. The molecular weight excluding hydrogens is 444 g/mol. The number of halogens is 2. The Labute approximate surface area is 176 Å². The molecule has 28 heavy (non-hydrogen) atoms. The fraction of sp³-hybridized carbons (Fsp3) is 0.476. The number of hydrogen-bond acceptors (Lipinski definition) is 3. The second kappa shape index (κ2) is 6.17. The van der Waals surface area contributed by atoms with E-state index in [0.717, 1.165) is 16.5 Å². The van der Waals surface area contributed by atoms with Gasteiger partial charge in [-0.3, -0.25) is 19.3 Å². The number of anilines is 1. The summed E-state index contributed by atoms with van der Waals surface area (Å²) < 4.78 is 0.744. The summed E-state index contributed by atoms with van der Waals surface area (Å²) in [6.07, 6.45) is 5.38. The summed E-state index contributed by atoms with van der Waals surface area (Å²) in [5, 5.41) is 3.35. The Morgan fingerprint density at radius 3 is 2.32 bits per heavy atom. The van der Waals surface area contributed by atoms with Gasteiger partial charge in [0.1, 0.15) is 6.04 Å². The minimum absolute atomic E-state index is 0.157. The number of carbonyl (C=O) groups excluding carboxylic acids is 3. The van der Waals surface area contributed by atoms with Gasteiger partial charge in [0.05, 0.1) is 16.9 Å². The number of likely N-dealkylation sites (tertiary alicyclic amines) is 1. The lowest BCUT2D eigenvalue weighted by Gasteiger charge is -2.37. The maximum absolute atomic E-state index is 13.1. The van der Waals surface area contributed by atoms with Crippen LogP contribution in [0.3, 0.4) is 0 Å². The molecule has 1 aromatic carbocycles. The highest BCUT2D eigenvalue weighted by molar-refractivity contribution is 9.10. The zero-order chi connectivity index (χ0) is 19.9. The van der Waals surface area contributed by atoms with Crippen molar-refractivity contribution in [2.75, 3.05) is 5.32 Å². The number of allylic oxidation sites excluding steroid dienone is 2. The Balaban J connectivity index is 1.38. The average Bonchev–Trinajstić information content (AvgIpc) is 3.45. The van der Waals surface area contributed by atoms with Gasteiger partial charge in [0.15, 0.2) is 0 Å². The highest BCUT2D eigenvalue weighted by Crippen LogP contribution is 2.65. The largest absolute Gasteiger partial charge is 0.324 e. The minimum Gasteiger partial charge on any atom is -0.324 e. The highest BCUT2D eigenvalue weighted by atomic mass is 79.9. The number of amides is 3. The third-order valence-corrected chi connectivity index (χ3v) is 8.44. The fourth-order valence-corrected chi connectivity index (χ4v) is 6.10. The third kappa shape index (κ3) is 2.40. The van der Waals surface area contributed by atoms with E-state index in [1.54, 1.807) is 19.1 Å². The number of hydrogen-bond donors (Lipinski definition) is 1. The molecule has 146 valence electrons. The Morgan fingerprint density at radius 1 is 1.18 bits per heavy atom. The average molecular weight is 464 g/mol. The SMILES string of the molecule is Cc1c(NC(=O)[C@H](C)N2C(=O)[C@@H]3[C@@H]4C=C[C@H]([C@H]5C[C@H]45)[C@@H]3C2=O)ccc(Br)c1Cl. The minimum atomic E-state index is -0.858. The molecule has 7 atom stereocenters. The molecule has 5 aliphatic rings. The van der Waals surface area contributed by atoms with Crippen molar-refractivity contribution in [3.8, 4) is 0 Å². The van der Waals surface area contributed by atoms with Gasteiger partial charge in [0.2, 0.25) is 17.7 Å². The lowest BCUT2D eigenvalue weighted by molar-refractivity contribution is -0.146. The summed E-state index contributed by atoms with van der Waals surface area (Å²) in [5.41, 5.74) is 1.30. The molecule has 4 aliphatic carbocycles. The van der Waals surface area contributed by atoms with Gasteiger partial charge in [-0.1, -0.05) is 23.8 Å². The van der Waals surface area contributed by atoms with Crippen molar-refractivity contribution in [1.82, 2.24) is 4.90 Å². The summed E-state index contributed by atoms with van der Waals surface area (Å²) in [7, 11) is 0. The molecule has 1 saturated heterocycles. The molecule has 0 spiro atoms. The van der Waals surface area contributed by atoms with Crippen molar-refractivity contribution in [3.63, 3.8) is 0 Å². The van der Waals surface area contributed by atoms with Crippen LogP contribution in [-0.4, -0.2) is 28.7 Å². The molecular formula is C21H20BrClN2O3. The van der Waals surface area contributed by atoms with Crippen molar-refractivity contribution in [2.24, 2.45) is 35.5 Å². The predicted octanol–water partition coefficient (Wildman–Crippen LogP) is 3.79. The molecule has 0 unspecified atom stereocenters. The Kier molecular flexibility index (Phi) is 4.05. The summed E-state index contributed by atoms with van der Waals surface area (Å²) in [5.74, 6) is 0.0756. The van der Waals surface area contributed by atoms with E-state index in [2.05, 4.69) is 33.4 Å². The number of rotatable bonds is 3. The summed E-state index contributed by atoms with van der Waals surface area (Å²) >= 11 is 9.59. The first-order valence-corrected chi connectivity index (χ1v) is 10.8. The smallest absolute Gasteiger partial charge is 0.247 e. The highest BCUT2D eigenvalue weighted by Gasteiger charge is 2.67. The van der Waals surface area contributed by atoms with Crippen molar-refractivity contribution >= 4 is 50.9 Å². The zero-order valence-corrected chi connectivity index (χ0v) is 17.8. The van der Waals surface area contributed by atoms with Crippen LogP contribution >= 0.6 is 27.5 Å².